The fraction of sp³-hybridized carbons (Fsp3) is 0.176. The van der Waals surface area contributed by atoms with Crippen LogP contribution < -0.4 is 0 Å². The third-order valence-electron chi connectivity index (χ3n) is 3.37. The molecule has 2 aromatic carbocycles. The van der Waals surface area contributed by atoms with Crippen LogP contribution in [0.4, 0.5) is 0 Å². The molecule has 0 bridgehead atoms. The van der Waals surface area contributed by atoms with Crippen molar-refractivity contribution in [3.05, 3.63) is 59.8 Å². The van der Waals surface area contributed by atoms with Crippen LogP contribution in [-0.2, 0) is 6.42 Å². The summed E-state index contributed by atoms with van der Waals surface area (Å²) in [6.07, 6.45) is 3.19. The molecule has 0 saturated carbocycles. The first-order valence-electron chi connectivity index (χ1n) is 6.61. The highest BCUT2D eigenvalue weighted by molar-refractivity contribution is 7.99. The van der Waals surface area contributed by atoms with Crippen molar-refractivity contribution < 1.29 is 0 Å². The van der Waals surface area contributed by atoms with Gasteiger partial charge < -0.3 is 4.98 Å². The summed E-state index contributed by atoms with van der Waals surface area (Å²) in [6, 6.07) is 15.2. The van der Waals surface area contributed by atoms with Crippen molar-refractivity contribution in [1.29, 1.82) is 0 Å². The lowest BCUT2D eigenvalue weighted by atomic mass is 10.2. The van der Waals surface area contributed by atoms with Gasteiger partial charge in [-0.25, -0.2) is 0 Å². The average Bonchev–Trinajstić information content (AvgIpc) is 2.82. The van der Waals surface area contributed by atoms with Crippen LogP contribution in [0.5, 0.6) is 0 Å². The molecule has 0 amide bonds. The second kappa shape index (κ2) is 5.14. The summed E-state index contributed by atoms with van der Waals surface area (Å²) in [5.74, 6) is 0. The monoisotopic (exact) mass is 267 g/mol. The largest absolute Gasteiger partial charge is 0.360 e. The maximum atomic E-state index is 3.35. The fourth-order valence-corrected chi connectivity index (χ4v) is 3.43. The summed E-state index contributed by atoms with van der Waals surface area (Å²) in [6.45, 7) is 4.35. The van der Waals surface area contributed by atoms with Gasteiger partial charge in [0.05, 0.1) is 0 Å². The number of fused-ring (bicyclic) bond motifs is 1. The first kappa shape index (κ1) is 12.4. The Morgan fingerprint density at radius 1 is 1.05 bits per heavy atom. The molecule has 0 spiro atoms. The average molecular weight is 267 g/mol. The molecule has 0 fully saturated rings. The standard InChI is InChI=1S/C17H17NS/c1-3-13-6-4-5-7-16(13)19-17-11-18-15-9-8-12(2)10-14(15)17/h4-11,18H,3H2,1-2H3. The molecular formula is C17H17NS. The maximum Gasteiger partial charge on any atom is 0.0465 e. The number of benzene rings is 2. The quantitative estimate of drug-likeness (QED) is 0.690. The Morgan fingerprint density at radius 2 is 1.89 bits per heavy atom. The molecule has 0 radical (unpaired) electrons. The summed E-state index contributed by atoms with van der Waals surface area (Å²) in [4.78, 5) is 6.01. The smallest absolute Gasteiger partial charge is 0.0465 e. The molecule has 1 aromatic heterocycles. The van der Waals surface area contributed by atoms with E-state index in [1.807, 2.05) is 11.8 Å². The first-order valence-corrected chi connectivity index (χ1v) is 7.43. The Hall–Kier alpha value is -1.67. The van der Waals surface area contributed by atoms with Gasteiger partial charge in [-0.1, -0.05) is 48.5 Å². The van der Waals surface area contributed by atoms with Gasteiger partial charge in [-0.05, 0) is 37.1 Å². The zero-order valence-corrected chi connectivity index (χ0v) is 12.1. The van der Waals surface area contributed by atoms with Crippen molar-refractivity contribution in [3.63, 3.8) is 0 Å². The van der Waals surface area contributed by atoms with Crippen molar-refractivity contribution in [2.75, 3.05) is 0 Å². The molecule has 0 aliphatic rings. The lowest BCUT2D eigenvalue weighted by molar-refractivity contribution is 1.08. The second-order valence-electron chi connectivity index (χ2n) is 4.77. The van der Waals surface area contributed by atoms with E-state index < -0.39 is 0 Å². The van der Waals surface area contributed by atoms with Gasteiger partial charge in [-0.3, -0.25) is 0 Å². The predicted octanol–water partition coefficient (Wildman–Crippen LogP) is 5.19. The SMILES string of the molecule is CCc1ccccc1Sc1c[nH]c2ccc(C)cc12. The van der Waals surface area contributed by atoms with E-state index in [0.29, 0.717) is 0 Å². The van der Waals surface area contributed by atoms with Crippen molar-refractivity contribution in [2.45, 2.75) is 30.1 Å². The van der Waals surface area contributed by atoms with Gasteiger partial charge in [0.2, 0.25) is 0 Å². The van der Waals surface area contributed by atoms with Crippen molar-refractivity contribution in [3.8, 4) is 0 Å². The number of aryl methyl sites for hydroxylation is 2. The molecule has 19 heavy (non-hydrogen) atoms. The minimum absolute atomic E-state index is 1.07. The number of H-pyrrole nitrogens is 1. The number of hydrogen-bond acceptors (Lipinski definition) is 1. The first-order chi connectivity index (χ1) is 9.28. The second-order valence-corrected chi connectivity index (χ2v) is 5.85. The number of rotatable bonds is 3. The van der Waals surface area contributed by atoms with Crippen LogP contribution in [0.1, 0.15) is 18.1 Å². The number of hydrogen-bond donors (Lipinski definition) is 1. The van der Waals surface area contributed by atoms with Gasteiger partial charge in [0, 0.05) is 26.9 Å². The van der Waals surface area contributed by atoms with Gasteiger partial charge in [-0.15, -0.1) is 0 Å². The summed E-state index contributed by atoms with van der Waals surface area (Å²) >= 11 is 1.85. The van der Waals surface area contributed by atoms with E-state index in [4.69, 9.17) is 0 Å². The van der Waals surface area contributed by atoms with Crippen LogP contribution in [0.3, 0.4) is 0 Å². The van der Waals surface area contributed by atoms with Crippen LogP contribution in [0, 0.1) is 6.92 Å². The molecule has 1 heterocycles. The molecule has 0 saturated heterocycles. The highest BCUT2D eigenvalue weighted by Crippen LogP contribution is 2.35. The maximum absolute atomic E-state index is 3.35. The Labute approximate surface area is 118 Å². The molecule has 2 heteroatoms. The highest BCUT2D eigenvalue weighted by Gasteiger charge is 2.07. The van der Waals surface area contributed by atoms with E-state index in [2.05, 4.69) is 67.5 Å². The molecule has 0 unspecified atom stereocenters. The van der Waals surface area contributed by atoms with E-state index in [9.17, 15) is 0 Å². The molecule has 0 atom stereocenters. The normalized spacial score (nSPS) is 11.1. The number of aromatic nitrogens is 1. The molecule has 0 aliphatic carbocycles. The summed E-state index contributed by atoms with van der Waals surface area (Å²) < 4.78 is 0. The van der Waals surface area contributed by atoms with Gasteiger partial charge >= 0.3 is 0 Å². The minimum Gasteiger partial charge on any atom is -0.360 e. The van der Waals surface area contributed by atoms with Gasteiger partial charge in [0.25, 0.3) is 0 Å². The van der Waals surface area contributed by atoms with Gasteiger partial charge in [0.15, 0.2) is 0 Å². The summed E-state index contributed by atoms with van der Waals surface area (Å²) in [5.41, 5.74) is 3.93. The zero-order valence-electron chi connectivity index (χ0n) is 11.2. The van der Waals surface area contributed by atoms with E-state index in [1.165, 1.54) is 31.8 Å². The lowest BCUT2D eigenvalue weighted by Gasteiger charge is -2.06. The van der Waals surface area contributed by atoms with Crippen molar-refractivity contribution >= 4 is 22.7 Å². The molecule has 1 N–H and O–H groups in total. The zero-order chi connectivity index (χ0) is 13.2. The minimum atomic E-state index is 1.07. The van der Waals surface area contributed by atoms with Crippen LogP contribution in [0.25, 0.3) is 10.9 Å². The topological polar surface area (TPSA) is 15.8 Å². The Balaban J connectivity index is 2.03. The Kier molecular flexibility index (Phi) is 3.34. The Bertz CT molecular complexity index is 712. The lowest BCUT2D eigenvalue weighted by Crippen LogP contribution is -1.83. The van der Waals surface area contributed by atoms with Crippen molar-refractivity contribution in [1.82, 2.24) is 4.98 Å². The summed E-state index contributed by atoms with van der Waals surface area (Å²) in [7, 11) is 0. The predicted molar refractivity (Wildman–Crippen MR) is 83.0 cm³/mol. The van der Waals surface area contributed by atoms with E-state index in [-0.39, 0.29) is 0 Å². The van der Waals surface area contributed by atoms with Gasteiger partial charge in [0.1, 0.15) is 0 Å². The van der Waals surface area contributed by atoms with E-state index in [0.717, 1.165) is 6.42 Å². The molecule has 0 aliphatic heterocycles. The van der Waals surface area contributed by atoms with Crippen molar-refractivity contribution in [2.24, 2.45) is 0 Å². The number of aromatic amines is 1. The van der Waals surface area contributed by atoms with E-state index in [1.54, 1.807) is 0 Å². The molecule has 3 aromatic rings. The fourth-order valence-electron chi connectivity index (χ4n) is 2.31. The van der Waals surface area contributed by atoms with Crippen LogP contribution in [0.15, 0.2) is 58.5 Å². The highest BCUT2D eigenvalue weighted by atomic mass is 32.2. The third kappa shape index (κ3) is 2.41. The van der Waals surface area contributed by atoms with Crippen LogP contribution in [-0.4, -0.2) is 4.98 Å². The van der Waals surface area contributed by atoms with Crippen LogP contribution in [0.2, 0.25) is 0 Å². The molecular weight excluding hydrogens is 250 g/mol. The number of nitrogens with one attached hydrogen (secondary N) is 1. The Morgan fingerprint density at radius 3 is 2.74 bits per heavy atom. The third-order valence-corrected chi connectivity index (χ3v) is 4.55. The summed E-state index contributed by atoms with van der Waals surface area (Å²) in [5, 5.41) is 1.32. The van der Waals surface area contributed by atoms with E-state index >= 15 is 0 Å². The molecule has 3 rings (SSSR count). The molecule has 1 nitrogen and oxygen atoms in total. The van der Waals surface area contributed by atoms with Gasteiger partial charge in [-0.2, -0.15) is 0 Å². The van der Waals surface area contributed by atoms with Crippen LogP contribution >= 0.6 is 11.8 Å². The molecule has 96 valence electrons.